The van der Waals surface area contributed by atoms with Gasteiger partial charge in [0.25, 0.3) is 0 Å². The van der Waals surface area contributed by atoms with E-state index in [1.54, 1.807) is 0 Å². The fourth-order valence-electron chi connectivity index (χ4n) is 2.55. The molecule has 0 fully saturated rings. The van der Waals surface area contributed by atoms with Crippen LogP contribution in [-0.2, 0) is 14.3 Å². The van der Waals surface area contributed by atoms with E-state index in [1.165, 1.54) is 18.8 Å². The molecule has 2 rings (SSSR count). The molecular formula is C13H16O3. The molecule has 0 aromatic heterocycles. The van der Waals surface area contributed by atoms with Crippen molar-refractivity contribution in [3.8, 4) is 0 Å². The van der Waals surface area contributed by atoms with E-state index in [1.807, 2.05) is 13.8 Å². The molecule has 2 aliphatic rings. The van der Waals surface area contributed by atoms with E-state index < -0.39 is 5.41 Å². The van der Waals surface area contributed by atoms with Crippen LogP contribution in [0.25, 0.3) is 0 Å². The number of rotatable bonds is 1. The summed E-state index contributed by atoms with van der Waals surface area (Å²) in [7, 11) is 1.44. The highest BCUT2D eigenvalue weighted by molar-refractivity contribution is 6.11. The molecule has 0 aromatic carbocycles. The largest absolute Gasteiger partial charge is 0.493 e. The van der Waals surface area contributed by atoms with Crippen molar-refractivity contribution in [2.45, 2.75) is 26.7 Å². The minimum absolute atomic E-state index is 0.0198. The lowest BCUT2D eigenvalue weighted by Gasteiger charge is -2.40. The molecule has 3 nitrogen and oxygen atoms in total. The van der Waals surface area contributed by atoms with Crippen LogP contribution in [0, 0.1) is 11.3 Å². The second kappa shape index (κ2) is 3.58. The van der Waals surface area contributed by atoms with Crippen molar-refractivity contribution in [2.24, 2.45) is 11.3 Å². The highest BCUT2D eigenvalue weighted by Crippen LogP contribution is 2.45. The van der Waals surface area contributed by atoms with Crippen molar-refractivity contribution >= 4 is 11.6 Å². The molecule has 0 heterocycles. The highest BCUT2D eigenvalue weighted by Gasteiger charge is 2.49. The lowest BCUT2D eigenvalue weighted by Crippen LogP contribution is -2.45. The van der Waals surface area contributed by atoms with Gasteiger partial charge in [0, 0.05) is 17.4 Å². The predicted molar refractivity (Wildman–Crippen MR) is 59.7 cm³/mol. The Morgan fingerprint density at radius 2 is 2.12 bits per heavy atom. The van der Waals surface area contributed by atoms with E-state index in [4.69, 9.17) is 4.74 Å². The first-order chi connectivity index (χ1) is 7.49. The van der Waals surface area contributed by atoms with Crippen LogP contribution in [0.1, 0.15) is 26.7 Å². The van der Waals surface area contributed by atoms with Crippen LogP contribution in [0.15, 0.2) is 23.5 Å². The molecule has 0 bridgehead atoms. The number of carbonyl (C=O) groups excluding carboxylic acids is 2. The zero-order valence-corrected chi connectivity index (χ0v) is 9.87. The summed E-state index contributed by atoms with van der Waals surface area (Å²) in [5.41, 5.74) is 0.592. The van der Waals surface area contributed by atoms with Crippen LogP contribution in [0.5, 0.6) is 0 Å². The van der Waals surface area contributed by atoms with Crippen LogP contribution in [0.2, 0.25) is 0 Å². The van der Waals surface area contributed by atoms with Gasteiger partial charge < -0.3 is 4.74 Å². The Labute approximate surface area is 95.2 Å². The van der Waals surface area contributed by atoms with E-state index in [0.29, 0.717) is 12.8 Å². The van der Waals surface area contributed by atoms with E-state index in [2.05, 4.69) is 6.08 Å². The van der Waals surface area contributed by atoms with Crippen molar-refractivity contribution in [3.63, 3.8) is 0 Å². The molecule has 0 aromatic rings. The maximum absolute atomic E-state index is 12.2. The lowest BCUT2D eigenvalue weighted by atomic mass is 9.61. The van der Waals surface area contributed by atoms with Crippen molar-refractivity contribution in [1.29, 1.82) is 0 Å². The minimum atomic E-state index is -0.601. The van der Waals surface area contributed by atoms with Crippen molar-refractivity contribution in [2.75, 3.05) is 7.11 Å². The Morgan fingerprint density at radius 3 is 2.75 bits per heavy atom. The third-order valence-corrected chi connectivity index (χ3v) is 3.75. The number of allylic oxidation sites excluding steroid dienone is 4. The second-order valence-corrected chi connectivity index (χ2v) is 4.87. The molecule has 86 valence electrons. The molecule has 0 saturated heterocycles. The lowest BCUT2D eigenvalue weighted by molar-refractivity contribution is -0.139. The molecule has 2 aliphatic carbocycles. The van der Waals surface area contributed by atoms with Gasteiger partial charge >= 0.3 is 0 Å². The first-order valence-electron chi connectivity index (χ1n) is 5.49. The number of methoxy groups -OCH3 is 1. The number of hydrogen-bond donors (Lipinski definition) is 0. The number of fused-ring (bicyclic) bond motifs is 1. The summed E-state index contributed by atoms with van der Waals surface area (Å²) in [5.74, 6) is -0.0182. The molecule has 0 unspecified atom stereocenters. The summed E-state index contributed by atoms with van der Waals surface area (Å²) in [6.45, 7) is 3.87. The highest BCUT2D eigenvalue weighted by atomic mass is 16.5. The van der Waals surface area contributed by atoms with Crippen LogP contribution in [0.3, 0.4) is 0 Å². The number of carbonyl (C=O) groups is 2. The molecule has 0 aliphatic heterocycles. The average Bonchev–Trinajstić information content (AvgIpc) is 2.26. The van der Waals surface area contributed by atoms with Crippen LogP contribution >= 0.6 is 0 Å². The normalized spacial score (nSPS) is 34.1. The Hall–Kier alpha value is -1.38. The van der Waals surface area contributed by atoms with Crippen LogP contribution in [-0.4, -0.2) is 18.7 Å². The van der Waals surface area contributed by atoms with Crippen molar-refractivity contribution in [3.05, 3.63) is 23.5 Å². The molecule has 0 spiro atoms. The summed E-state index contributed by atoms with van der Waals surface area (Å²) >= 11 is 0. The Kier molecular flexibility index (Phi) is 2.49. The SMILES string of the molecule is COC1=CC(=O)[C@H]2CC(C)=CC[C@@]2(C)C1=O. The third-order valence-electron chi connectivity index (χ3n) is 3.75. The van der Waals surface area contributed by atoms with Crippen molar-refractivity contribution in [1.82, 2.24) is 0 Å². The van der Waals surface area contributed by atoms with Crippen LogP contribution in [0.4, 0.5) is 0 Å². The van der Waals surface area contributed by atoms with Gasteiger partial charge in [0.15, 0.2) is 11.5 Å². The molecule has 16 heavy (non-hydrogen) atoms. The zero-order valence-electron chi connectivity index (χ0n) is 9.87. The van der Waals surface area contributed by atoms with E-state index in [-0.39, 0.29) is 23.2 Å². The second-order valence-electron chi connectivity index (χ2n) is 4.87. The number of ketones is 2. The van der Waals surface area contributed by atoms with Gasteiger partial charge in [0.2, 0.25) is 5.78 Å². The molecule has 0 saturated carbocycles. The zero-order chi connectivity index (χ0) is 11.9. The summed E-state index contributed by atoms with van der Waals surface area (Å²) in [6, 6.07) is 0. The third kappa shape index (κ3) is 1.42. The molecular weight excluding hydrogens is 204 g/mol. The number of Topliss-reactive ketones (excluding diaryl/α,β-unsaturated/α-hetero) is 1. The minimum Gasteiger partial charge on any atom is -0.493 e. The van der Waals surface area contributed by atoms with Gasteiger partial charge in [-0.25, -0.2) is 0 Å². The van der Waals surface area contributed by atoms with Gasteiger partial charge in [-0.1, -0.05) is 18.6 Å². The first-order valence-corrected chi connectivity index (χ1v) is 5.49. The molecule has 0 N–H and O–H groups in total. The fourth-order valence-corrected chi connectivity index (χ4v) is 2.55. The Bertz CT molecular complexity index is 417. The Balaban J connectivity index is 2.46. The van der Waals surface area contributed by atoms with Gasteiger partial charge in [-0.3, -0.25) is 9.59 Å². The number of hydrogen-bond acceptors (Lipinski definition) is 3. The van der Waals surface area contributed by atoms with Crippen LogP contribution < -0.4 is 0 Å². The van der Waals surface area contributed by atoms with E-state index in [9.17, 15) is 9.59 Å². The first kappa shape index (κ1) is 11.1. The van der Waals surface area contributed by atoms with Crippen molar-refractivity contribution < 1.29 is 14.3 Å². The van der Waals surface area contributed by atoms with Gasteiger partial charge in [-0.2, -0.15) is 0 Å². The number of ether oxygens (including phenoxy) is 1. The molecule has 0 amide bonds. The van der Waals surface area contributed by atoms with E-state index in [0.717, 1.165) is 0 Å². The quantitative estimate of drug-likeness (QED) is 0.635. The van der Waals surface area contributed by atoms with Gasteiger partial charge in [-0.15, -0.1) is 0 Å². The van der Waals surface area contributed by atoms with E-state index >= 15 is 0 Å². The predicted octanol–water partition coefficient (Wildman–Crippen LogP) is 2.03. The van der Waals surface area contributed by atoms with Gasteiger partial charge in [-0.05, 0) is 19.8 Å². The van der Waals surface area contributed by atoms with Gasteiger partial charge in [0.05, 0.1) is 7.11 Å². The molecule has 3 heteroatoms. The topological polar surface area (TPSA) is 43.4 Å². The molecule has 2 atom stereocenters. The maximum atomic E-state index is 12.2. The maximum Gasteiger partial charge on any atom is 0.204 e. The summed E-state index contributed by atoms with van der Waals surface area (Å²) in [5, 5.41) is 0. The fraction of sp³-hybridized carbons (Fsp3) is 0.538. The Morgan fingerprint density at radius 1 is 1.44 bits per heavy atom. The summed E-state index contributed by atoms with van der Waals surface area (Å²) in [6.07, 6.45) is 4.73. The smallest absolute Gasteiger partial charge is 0.204 e. The average molecular weight is 220 g/mol. The molecule has 0 radical (unpaired) electrons. The monoisotopic (exact) mass is 220 g/mol. The standard InChI is InChI=1S/C13H16O3/c1-8-4-5-13(2)9(6-8)10(14)7-11(16-3)12(13)15/h4,7,9H,5-6H2,1-3H3/t9-,13-/m1/s1. The summed E-state index contributed by atoms with van der Waals surface area (Å²) < 4.78 is 4.98. The van der Waals surface area contributed by atoms with Gasteiger partial charge in [0.1, 0.15) is 0 Å². The summed E-state index contributed by atoms with van der Waals surface area (Å²) in [4.78, 5) is 24.1.